The monoisotopic (exact) mass is 356 g/mol. The van der Waals surface area contributed by atoms with E-state index in [-0.39, 0.29) is 35.9 Å². The number of rotatable bonds is 1. The average Bonchev–Trinajstić information content (AvgIpc) is 2.82. The largest absolute Gasteiger partial charge is 0.358 e. The molecule has 0 aromatic rings. The quantitative estimate of drug-likeness (QED) is 0.783. The van der Waals surface area contributed by atoms with Crippen molar-refractivity contribution in [1.29, 1.82) is 0 Å². The number of hydrogen-bond acceptors (Lipinski definition) is 6. The van der Waals surface area contributed by atoms with Crippen LogP contribution in [0.25, 0.3) is 0 Å². The van der Waals surface area contributed by atoms with Crippen LogP contribution in [0.1, 0.15) is 27.7 Å². The Hall–Kier alpha value is 0.220. The molecule has 0 aliphatic carbocycles. The summed E-state index contributed by atoms with van der Waals surface area (Å²) in [6, 6.07) is 0. The zero-order valence-corrected chi connectivity index (χ0v) is 15.4. The second kappa shape index (κ2) is 6.15. The highest BCUT2D eigenvalue weighted by molar-refractivity contribution is 8.18. The summed E-state index contributed by atoms with van der Waals surface area (Å²) in [5, 5.41) is 6.29. The van der Waals surface area contributed by atoms with Crippen LogP contribution in [0.5, 0.6) is 0 Å². The smallest absolute Gasteiger partial charge is 0.160 e. The van der Waals surface area contributed by atoms with E-state index in [1.165, 1.54) is 5.17 Å². The molecule has 116 valence electrons. The van der Waals surface area contributed by atoms with Crippen molar-refractivity contribution in [3.63, 3.8) is 0 Å². The van der Waals surface area contributed by atoms with Crippen molar-refractivity contribution in [2.45, 2.75) is 44.1 Å². The van der Waals surface area contributed by atoms with E-state index < -0.39 is 0 Å². The minimum absolute atomic E-state index is 0. The van der Waals surface area contributed by atoms with Crippen molar-refractivity contribution in [3.8, 4) is 0 Å². The third-order valence-electron chi connectivity index (χ3n) is 3.21. The molecule has 1 fully saturated rings. The Morgan fingerprint density at radius 3 is 2.60 bits per heavy atom. The van der Waals surface area contributed by atoms with Crippen LogP contribution >= 0.6 is 48.3 Å². The van der Waals surface area contributed by atoms with Crippen molar-refractivity contribution >= 4 is 58.7 Å². The predicted molar refractivity (Wildman–Crippen MR) is 96.1 cm³/mol. The maximum absolute atomic E-state index is 4.77. The molecule has 3 rings (SSSR count). The molecule has 0 radical (unpaired) electrons. The first kappa shape index (κ1) is 18.3. The fraction of sp³-hybridized carbons (Fsp3) is 0.833. The van der Waals surface area contributed by atoms with E-state index >= 15 is 0 Å². The normalized spacial score (nSPS) is 28.8. The van der Waals surface area contributed by atoms with Gasteiger partial charge in [-0.25, -0.2) is 0 Å². The number of halogens is 2. The van der Waals surface area contributed by atoms with E-state index in [1.54, 1.807) is 0 Å². The van der Waals surface area contributed by atoms with Crippen LogP contribution in [-0.4, -0.2) is 50.5 Å². The lowest BCUT2D eigenvalue weighted by Gasteiger charge is -2.25. The highest BCUT2D eigenvalue weighted by Crippen LogP contribution is 2.38. The summed E-state index contributed by atoms with van der Waals surface area (Å²) in [6.07, 6.45) is 0. The molecular formula is C12H22Cl2N4S2. The number of amidine groups is 2. The molecule has 0 saturated carbocycles. The summed E-state index contributed by atoms with van der Waals surface area (Å²) in [6.45, 7) is 10.7. The van der Waals surface area contributed by atoms with Crippen molar-refractivity contribution in [1.82, 2.24) is 10.2 Å². The predicted octanol–water partition coefficient (Wildman–Crippen LogP) is 2.82. The summed E-state index contributed by atoms with van der Waals surface area (Å²) in [5.74, 6) is 1.11. The van der Waals surface area contributed by atoms with Gasteiger partial charge in [0.15, 0.2) is 10.3 Å². The van der Waals surface area contributed by atoms with E-state index in [1.807, 2.05) is 23.5 Å². The number of nitrogens with one attached hydrogen (secondary N) is 1. The van der Waals surface area contributed by atoms with Gasteiger partial charge in [-0.1, -0.05) is 23.5 Å². The molecule has 3 aliphatic rings. The Morgan fingerprint density at radius 1 is 1.30 bits per heavy atom. The highest BCUT2D eigenvalue weighted by atomic mass is 35.5. The molecule has 0 aromatic carbocycles. The van der Waals surface area contributed by atoms with Gasteiger partial charge >= 0.3 is 0 Å². The molecule has 0 bridgehead atoms. The van der Waals surface area contributed by atoms with Crippen molar-refractivity contribution in [2.24, 2.45) is 9.98 Å². The maximum atomic E-state index is 4.77. The van der Waals surface area contributed by atoms with Crippen LogP contribution in [0.2, 0.25) is 0 Å². The lowest BCUT2D eigenvalue weighted by atomic mass is 10.1. The van der Waals surface area contributed by atoms with Gasteiger partial charge in [-0.2, -0.15) is 0 Å². The Kier molecular flexibility index (Phi) is 5.61. The van der Waals surface area contributed by atoms with Gasteiger partial charge < -0.3 is 10.2 Å². The fourth-order valence-corrected chi connectivity index (χ4v) is 5.07. The summed E-state index contributed by atoms with van der Waals surface area (Å²) >= 11 is 3.74. The molecule has 8 heteroatoms. The number of hydrogen-bond donors (Lipinski definition) is 1. The topological polar surface area (TPSA) is 40.0 Å². The Bertz CT molecular complexity index is 437. The zero-order valence-electron chi connectivity index (χ0n) is 12.2. The lowest BCUT2D eigenvalue weighted by molar-refractivity contribution is 0.381. The fourth-order valence-electron chi connectivity index (χ4n) is 2.35. The number of nitrogens with zero attached hydrogens (tertiary/aromatic N) is 3. The van der Waals surface area contributed by atoms with E-state index in [4.69, 9.17) is 4.99 Å². The molecule has 0 aromatic heterocycles. The maximum Gasteiger partial charge on any atom is 0.160 e. The van der Waals surface area contributed by atoms with Gasteiger partial charge in [0.05, 0.1) is 23.0 Å². The zero-order chi connectivity index (χ0) is 13.0. The summed E-state index contributed by atoms with van der Waals surface area (Å²) in [5.41, 5.74) is 0.195. The third kappa shape index (κ3) is 3.70. The minimum atomic E-state index is 0. The molecule has 4 nitrogen and oxygen atoms in total. The number of fused-ring (bicyclic) bond motifs is 1. The Morgan fingerprint density at radius 2 is 2.00 bits per heavy atom. The number of aliphatic imine (C=N–C) groups is 2. The molecule has 0 amide bonds. The van der Waals surface area contributed by atoms with Gasteiger partial charge in [-0.05, 0) is 27.7 Å². The third-order valence-corrected chi connectivity index (χ3v) is 5.64. The van der Waals surface area contributed by atoms with Crippen LogP contribution in [0.15, 0.2) is 9.98 Å². The van der Waals surface area contributed by atoms with Crippen LogP contribution in [0, 0.1) is 0 Å². The van der Waals surface area contributed by atoms with Crippen LogP contribution in [0.4, 0.5) is 0 Å². The van der Waals surface area contributed by atoms with Gasteiger partial charge in [-0.3, -0.25) is 9.98 Å². The molecule has 1 saturated heterocycles. The van der Waals surface area contributed by atoms with Gasteiger partial charge in [0.1, 0.15) is 0 Å². The van der Waals surface area contributed by atoms with Gasteiger partial charge in [0.25, 0.3) is 0 Å². The molecule has 3 heterocycles. The highest BCUT2D eigenvalue weighted by Gasteiger charge is 2.41. The molecule has 1 atom stereocenters. The van der Waals surface area contributed by atoms with E-state index in [2.05, 4.69) is 42.9 Å². The Balaban J connectivity index is 0.000001000. The second-order valence-electron chi connectivity index (χ2n) is 6.35. The Labute approximate surface area is 141 Å². The van der Waals surface area contributed by atoms with Crippen molar-refractivity contribution < 1.29 is 0 Å². The van der Waals surface area contributed by atoms with E-state index in [9.17, 15) is 0 Å². The lowest BCUT2D eigenvalue weighted by Crippen LogP contribution is -2.41. The van der Waals surface area contributed by atoms with Crippen LogP contribution < -0.4 is 5.32 Å². The first-order valence-electron chi connectivity index (χ1n) is 6.33. The van der Waals surface area contributed by atoms with Gasteiger partial charge in [0.2, 0.25) is 0 Å². The minimum Gasteiger partial charge on any atom is -0.358 e. The van der Waals surface area contributed by atoms with Crippen LogP contribution in [-0.2, 0) is 0 Å². The molecule has 20 heavy (non-hydrogen) atoms. The van der Waals surface area contributed by atoms with Gasteiger partial charge in [-0.15, -0.1) is 24.8 Å². The first-order valence-corrected chi connectivity index (χ1v) is 8.20. The molecule has 1 N–H and O–H groups in total. The summed E-state index contributed by atoms with van der Waals surface area (Å²) < 4.78 is 0. The van der Waals surface area contributed by atoms with Crippen molar-refractivity contribution in [3.05, 3.63) is 0 Å². The molecule has 3 aliphatic heterocycles. The SMILES string of the molecule is CC1(C)CN2C(=N1)SCC2SC1=NCC(C)(C)N1.Cl.Cl. The molecular weight excluding hydrogens is 335 g/mol. The standard InChI is InChI=1S/C12H20N4S2.2ClH/c1-11(2)6-13-9(14-11)18-8-5-17-10-15-12(3,4)7-16(8)10;;/h8H,5-7H2,1-4H3,(H,13,14);2*1H. The van der Waals surface area contributed by atoms with Crippen molar-refractivity contribution in [2.75, 3.05) is 18.8 Å². The average molecular weight is 357 g/mol. The second-order valence-corrected chi connectivity index (χ2v) is 8.50. The van der Waals surface area contributed by atoms with E-state index in [0.29, 0.717) is 5.37 Å². The molecule has 1 unspecified atom stereocenters. The van der Waals surface area contributed by atoms with Gasteiger partial charge in [0, 0.05) is 12.3 Å². The molecule has 0 spiro atoms. The van der Waals surface area contributed by atoms with Crippen LogP contribution in [0.3, 0.4) is 0 Å². The van der Waals surface area contributed by atoms with E-state index in [0.717, 1.165) is 24.0 Å². The number of thioether (sulfide) groups is 2. The summed E-state index contributed by atoms with van der Waals surface area (Å²) in [4.78, 5) is 11.8. The first-order chi connectivity index (χ1) is 8.35. The summed E-state index contributed by atoms with van der Waals surface area (Å²) in [7, 11) is 0.